The van der Waals surface area contributed by atoms with Crippen LogP contribution in [0.3, 0.4) is 0 Å². The highest BCUT2D eigenvalue weighted by Gasteiger charge is 2.46. The zero-order valence-electron chi connectivity index (χ0n) is 14.5. The number of rotatable bonds is 4. The van der Waals surface area contributed by atoms with Crippen LogP contribution in [-0.4, -0.2) is 23.4 Å². The Morgan fingerprint density at radius 3 is 2.54 bits per heavy atom. The van der Waals surface area contributed by atoms with E-state index in [0.29, 0.717) is 0 Å². The van der Waals surface area contributed by atoms with Crippen LogP contribution in [0.5, 0.6) is 0 Å². The number of hydrogen-bond donors (Lipinski definition) is 1. The first-order valence-electron chi connectivity index (χ1n) is 9.16. The Morgan fingerprint density at radius 1 is 1.08 bits per heavy atom. The molecule has 2 saturated heterocycles. The molecule has 1 amide bonds. The third-order valence-electron chi connectivity index (χ3n) is 5.71. The predicted octanol–water partition coefficient (Wildman–Crippen LogP) is 3.81. The minimum absolute atomic E-state index is 0.0817. The van der Waals surface area contributed by atoms with Gasteiger partial charge in [-0.15, -0.1) is 0 Å². The number of amides is 1. The lowest BCUT2D eigenvalue weighted by molar-refractivity contribution is -0.125. The molecule has 2 aromatic rings. The predicted molar refractivity (Wildman–Crippen MR) is 95.2 cm³/mol. The van der Waals surface area contributed by atoms with Gasteiger partial charge in [0.2, 0.25) is 5.91 Å². The molecule has 3 nitrogen and oxygen atoms in total. The minimum atomic E-state index is -0.624. The standard InChI is InChI=1S/C21H22F2N2O/c22-17-8-4-9-18(23)16(17)13-24-21(26)15-12-20(14-6-2-1-3-7-14)25-11-5-10-19(15)25/h1-4,6-9,15,19-20H,5,10-13H2,(H,24,26)/t15-,19+,20-/m1/s1. The summed E-state index contributed by atoms with van der Waals surface area (Å²) in [6.45, 7) is 0.881. The number of hydrogen-bond acceptors (Lipinski definition) is 2. The number of nitrogens with one attached hydrogen (secondary N) is 1. The second-order valence-corrected chi connectivity index (χ2v) is 7.13. The van der Waals surface area contributed by atoms with E-state index in [1.54, 1.807) is 0 Å². The number of halogens is 2. The molecule has 0 saturated carbocycles. The van der Waals surface area contributed by atoms with Crippen LogP contribution >= 0.6 is 0 Å². The molecular weight excluding hydrogens is 334 g/mol. The first-order valence-corrected chi connectivity index (χ1v) is 9.16. The van der Waals surface area contributed by atoms with Crippen LogP contribution in [0.1, 0.15) is 36.4 Å². The first-order chi connectivity index (χ1) is 12.6. The molecule has 2 fully saturated rings. The molecule has 26 heavy (non-hydrogen) atoms. The summed E-state index contributed by atoms with van der Waals surface area (Å²) in [5.74, 6) is -1.50. The first kappa shape index (κ1) is 17.2. The van der Waals surface area contributed by atoms with E-state index >= 15 is 0 Å². The van der Waals surface area contributed by atoms with Crippen LogP contribution in [0.15, 0.2) is 48.5 Å². The van der Waals surface area contributed by atoms with Crippen LogP contribution in [0, 0.1) is 17.6 Å². The molecule has 2 aliphatic rings. The normalized spacial score (nSPS) is 25.2. The molecule has 0 bridgehead atoms. The molecule has 2 aromatic carbocycles. The van der Waals surface area contributed by atoms with Crippen molar-refractivity contribution in [3.05, 3.63) is 71.3 Å². The fourth-order valence-corrected chi connectivity index (χ4v) is 4.46. The summed E-state index contributed by atoms with van der Waals surface area (Å²) in [6, 6.07) is 14.5. The van der Waals surface area contributed by atoms with Crippen LogP contribution < -0.4 is 5.32 Å². The fourth-order valence-electron chi connectivity index (χ4n) is 4.46. The van der Waals surface area contributed by atoms with Gasteiger partial charge in [0.1, 0.15) is 11.6 Å². The lowest BCUT2D eigenvalue weighted by Crippen LogP contribution is -2.37. The Balaban J connectivity index is 1.48. The third kappa shape index (κ3) is 3.12. The van der Waals surface area contributed by atoms with Crippen molar-refractivity contribution in [2.45, 2.75) is 37.9 Å². The van der Waals surface area contributed by atoms with E-state index in [0.717, 1.165) is 25.8 Å². The van der Waals surface area contributed by atoms with E-state index in [1.807, 2.05) is 18.2 Å². The third-order valence-corrected chi connectivity index (χ3v) is 5.71. The lowest BCUT2D eigenvalue weighted by atomic mass is 9.93. The smallest absolute Gasteiger partial charge is 0.225 e. The Hall–Kier alpha value is -2.27. The molecule has 0 spiro atoms. The summed E-state index contributed by atoms with van der Waals surface area (Å²) in [7, 11) is 0. The summed E-state index contributed by atoms with van der Waals surface area (Å²) in [4.78, 5) is 15.2. The minimum Gasteiger partial charge on any atom is -0.352 e. The van der Waals surface area contributed by atoms with Gasteiger partial charge < -0.3 is 5.32 Å². The maximum Gasteiger partial charge on any atom is 0.225 e. The van der Waals surface area contributed by atoms with E-state index in [9.17, 15) is 13.6 Å². The van der Waals surface area contributed by atoms with E-state index in [1.165, 1.54) is 23.8 Å². The van der Waals surface area contributed by atoms with Crippen molar-refractivity contribution in [3.63, 3.8) is 0 Å². The van der Waals surface area contributed by atoms with Crippen molar-refractivity contribution in [2.24, 2.45) is 5.92 Å². The lowest BCUT2D eigenvalue weighted by Gasteiger charge is -2.24. The van der Waals surface area contributed by atoms with Gasteiger partial charge >= 0.3 is 0 Å². The summed E-state index contributed by atoms with van der Waals surface area (Å²) in [5, 5.41) is 2.76. The van der Waals surface area contributed by atoms with Gasteiger partial charge in [-0.25, -0.2) is 8.78 Å². The van der Waals surface area contributed by atoms with Gasteiger partial charge in [-0.05, 0) is 43.5 Å². The van der Waals surface area contributed by atoms with Crippen LogP contribution in [-0.2, 0) is 11.3 Å². The van der Waals surface area contributed by atoms with E-state index in [2.05, 4.69) is 22.3 Å². The quantitative estimate of drug-likeness (QED) is 0.904. The second kappa shape index (κ2) is 7.16. The zero-order valence-corrected chi connectivity index (χ0v) is 14.5. The highest BCUT2D eigenvalue weighted by Crippen LogP contribution is 2.44. The maximum absolute atomic E-state index is 13.8. The molecule has 0 radical (unpaired) electrons. The van der Waals surface area contributed by atoms with Crippen molar-refractivity contribution in [2.75, 3.05) is 6.54 Å². The summed E-state index contributed by atoms with van der Waals surface area (Å²) in [6.07, 6.45) is 2.83. The number of carbonyl (C=O) groups is 1. The Bertz CT molecular complexity index is 776. The van der Waals surface area contributed by atoms with E-state index in [-0.39, 0.29) is 36.0 Å². The molecule has 0 aliphatic carbocycles. The largest absolute Gasteiger partial charge is 0.352 e. The monoisotopic (exact) mass is 356 g/mol. The van der Waals surface area contributed by atoms with Gasteiger partial charge in [-0.3, -0.25) is 9.69 Å². The average molecular weight is 356 g/mol. The Labute approximate surface area is 152 Å². The molecule has 2 heterocycles. The van der Waals surface area contributed by atoms with Gasteiger partial charge in [-0.1, -0.05) is 36.4 Å². The number of nitrogens with zero attached hydrogens (tertiary/aromatic N) is 1. The molecule has 0 unspecified atom stereocenters. The molecule has 0 aromatic heterocycles. The highest BCUT2D eigenvalue weighted by atomic mass is 19.1. The fraction of sp³-hybridized carbons (Fsp3) is 0.381. The molecule has 2 aliphatic heterocycles. The van der Waals surface area contributed by atoms with Crippen LogP contribution in [0.25, 0.3) is 0 Å². The van der Waals surface area contributed by atoms with Crippen LogP contribution in [0.4, 0.5) is 8.78 Å². The van der Waals surface area contributed by atoms with Crippen molar-refractivity contribution >= 4 is 5.91 Å². The van der Waals surface area contributed by atoms with Crippen molar-refractivity contribution in [3.8, 4) is 0 Å². The number of benzene rings is 2. The van der Waals surface area contributed by atoms with Crippen molar-refractivity contribution in [1.82, 2.24) is 10.2 Å². The summed E-state index contributed by atoms with van der Waals surface area (Å²) in [5.41, 5.74) is 1.15. The van der Waals surface area contributed by atoms with Gasteiger partial charge in [0.15, 0.2) is 0 Å². The van der Waals surface area contributed by atoms with E-state index < -0.39 is 11.6 Å². The van der Waals surface area contributed by atoms with Crippen molar-refractivity contribution < 1.29 is 13.6 Å². The second-order valence-electron chi connectivity index (χ2n) is 7.13. The van der Waals surface area contributed by atoms with Crippen molar-refractivity contribution in [1.29, 1.82) is 0 Å². The zero-order chi connectivity index (χ0) is 18.1. The molecule has 136 valence electrons. The average Bonchev–Trinajstić information content (AvgIpc) is 3.24. The number of carbonyl (C=O) groups excluding carboxylic acids is 1. The maximum atomic E-state index is 13.8. The summed E-state index contributed by atoms with van der Waals surface area (Å²) < 4.78 is 27.6. The SMILES string of the molecule is O=C(NCc1c(F)cccc1F)[C@@H]1C[C@H](c2ccccc2)N2CCC[C@@H]12. The van der Waals surface area contributed by atoms with E-state index in [4.69, 9.17) is 0 Å². The topological polar surface area (TPSA) is 32.3 Å². The van der Waals surface area contributed by atoms with Gasteiger partial charge in [0, 0.05) is 24.2 Å². The molecule has 3 atom stereocenters. The van der Waals surface area contributed by atoms with Gasteiger partial charge in [-0.2, -0.15) is 0 Å². The molecule has 1 N–H and O–H groups in total. The summed E-state index contributed by atoms with van der Waals surface area (Å²) >= 11 is 0. The Morgan fingerprint density at radius 2 is 1.81 bits per heavy atom. The number of fused-ring (bicyclic) bond motifs is 1. The Kier molecular flexibility index (Phi) is 4.72. The van der Waals surface area contributed by atoms with Gasteiger partial charge in [0.25, 0.3) is 0 Å². The highest BCUT2D eigenvalue weighted by molar-refractivity contribution is 5.80. The van der Waals surface area contributed by atoms with Gasteiger partial charge in [0.05, 0.1) is 5.92 Å². The molecular formula is C21H22F2N2O. The molecule has 4 rings (SSSR count). The molecule has 5 heteroatoms. The van der Waals surface area contributed by atoms with Crippen LogP contribution in [0.2, 0.25) is 0 Å².